The number of halogens is 2. The molecule has 0 spiro atoms. The van der Waals surface area contributed by atoms with Crippen LogP contribution in [0.4, 0.5) is 0 Å². The van der Waals surface area contributed by atoms with Gasteiger partial charge in [-0.2, -0.15) is 0 Å². The van der Waals surface area contributed by atoms with Gasteiger partial charge in [-0.3, -0.25) is 0 Å². The summed E-state index contributed by atoms with van der Waals surface area (Å²) in [5.74, 6) is 1.85. The van der Waals surface area contributed by atoms with Gasteiger partial charge in [0.1, 0.15) is 0 Å². The van der Waals surface area contributed by atoms with Gasteiger partial charge in [-0.1, -0.05) is 0 Å². The highest BCUT2D eigenvalue weighted by molar-refractivity contribution is 6.24. The molecule has 4 rings (SSSR count). The third kappa shape index (κ3) is 1.71. The minimum atomic E-state index is 0. The molecule has 4 atom stereocenters. The van der Waals surface area contributed by atoms with Crippen molar-refractivity contribution in [2.75, 3.05) is 14.1 Å². The SMILES string of the molecule is CN(C)C12C[C@@H]3C[C@@H](CC(Cl)(C3)C1)C2.Cl. The first-order chi connectivity index (χ1) is 6.51. The van der Waals surface area contributed by atoms with Gasteiger partial charge in [-0.25, -0.2) is 0 Å². The molecule has 15 heavy (non-hydrogen) atoms. The Kier molecular flexibility index (Phi) is 2.81. The normalized spacial score (nSPS) is 52.0. The fourth-order valence-electron chi connectivity index (χ4n) is 4.63. The summed E-state index contributed by atoms with van der Waals surface area (Å²) in [4.78, 5) is 2.63. The lowest BCUT2D eigenvalue weighted by atomic mass is 9.52. The van der Waals surface area contributed by atoms with E-state index in [1.54, 1.807) is 0 Å². The second-order valence-electron chi connectivity index (χ2n) is 6.23. The number of rotatable bonds is 1. The third-order valence-corrected chi connectivity index (χ3v) is 5.35. The topological polar surface area (TPSA) is 3.24 Å². The van der Waals surface area contributed by atoms with Crippen LogP contribution in [0, 0.1) is 11.8 Å². The highest BCUT2D eigenvalue weighted by atomic mass is 35.5. The molecule has 4 fully saturated rings. The summed E-state index contributed by atoms with van der Waals surface area (Å²) in [5.41, 5.74) is 0.464. The van der Waals surface area contributed by atoms with Gasteiger partial charge in [-0.05, 0) is 64.5 Å². The summed E-state index contributed by atoms with van der Waals surface area (Å²) in [5, 5.41) is 0. The standard InChI is InChI=1S/C12H20ClN.ClH/c1-14(2)12-6-9-3-10(7-12)5-11(13,4-9)8-12;/h9-10H,3-8H2,1-2H3;1H/t9-,10+,11?,12?;. The van der Waals surface area contributed by atoms with Crippen LogP contribution < -0.4 is 0 Å². The summed E-state index contributed by atoms with van der Waals surface area (Å²) in [6, 6.07) is 0. The van der Waals surface area contributed by atoms with Gasteiger partial charge in [0.25, 0.3) is 0 Å². The Morgan fingerprint density at radius 2 is 1.60 bits per heavy atom. The Morgan fingerprint density at radius 1 is 1.07 bits per heavy atom. The van der Waals surface area contributed by atoms with Crippen LogP contribution in [0.15, 0.2) is 0 Å². The Morgan fingerprint density at radius 3 is 2.00 bits per heavy atom. The maximum Gasteiger partial charge on any atom is 0.0469 e. The molecule has 0 radical (unpaired) electrons. The minimum Gasteiger partial charge on any atom is -0.304 e. The Bertz CT molecular complexity index is 250. The second kappa shape index (κ2) is 3.51. The lowest BCUT2D eigenvalue weighted by Crippen LogP contribution is -2.62. The van der Waals surface area contributed by atoms with Crippen molar-refractivity contribution in [2.45, 2.75) is 48.9 Å². The highest BCUT2D eigenvalue weighted by Crippen LogP contribution is 2.61. The molecule has 4 saturated carbocycles. The van der Waals surface area contributed by atoms with Crippen LogP contribution in [0.5, 0.6) is 0 Å². The number of nitrogens with zero attached hydrogens (tertiary/aromatic N) is 1. The molecule has 1 nitrogen and oxygen atoms in total. The van der Waals surface area contributed by atoms with Gasteiger partial charge in [0.05, 0.1) is 0 Å². The van der Waals surface area contributed by atoms with Gasteiger partial charge in [-0.15, -0.1) is 24.0 Å². The van der Waals surface area contributed by atoms with Crippen molar-refractivity contribution in [3.8, 4) is 0 Å². The molecule has 0 N–H and O–H groups in total. The van der Waals surface area contributed by atoms with E-state index < -0.39 is 0 Å². The van der Waals surface area contributed by atoms with Crippen molar-refractivity contribution in [1.82, 2.24) is 4.90 Å². The molecule has 3 heteroatoms. The van der Waals surface area contributed by atoms with E-state index in [1.165, 1.54) is 38.5 Å². The summed E-state index contributed by atoms with van der Waals surface area (Å²) >= 11 is 6.74. The molecule has 0 aliphatic heterocycles. The fourth-order valence-corrected chi connectivity index (χ4v) is 5.31. The van der Waals surface area contributed by atoms with E-state index in [1.807, 2.05) is 0 Å². The largest absolute Gasteiger partial charge is 0.304 e. The summed E-state index contributed by atoms with van der Waals surface area (Å²) in [7, 11) is 4.49. The van der Waals surface area contributed by atoms with Crippen molar-refractivity contribution in [1.29, 1.82) is 0 Å². The first kappa shape index (κ1) is 12.0. The lowest BCUT2D eigenvalue weighted by Gasteiger charge is -2.62. The maximum atomic E-state index is 6.74. The average molecular weight is 250 g/mol. The van der Waals surface area contributed by atoms with Gasteiger partial charge in [0.15, 0.2) is 0 Å². The molecule has 0 aromatic carbocycles. The molecule has 4 aliphatic rings. The predicted octanol–water partition coefficient (Wildman–Crippen LogP) is 3.30. The number of hydrogen-bond acceptors (Lipinski definition) is 1. The zero-order valence-electron chi connectivity index (χ0n) is 9.63. The molecule has 0 heterocycles. The molecule has 4 aliphatic carbocycles. The van der Waals surface area contributed by atoms with Gasteiger partial charge < -0.3 is 4.90 Å². The van der Waals surface area contributed by atoms with Crippen LogP contribution in [0.1, 0.15) is 38.5 Å². The van der Waals surface area contributed by atoms with Crippen LogP contribution in [-0.4, -0.2) is 29.4 Å². The molecular weight excluding hydrogens is 229 g/mol. The van der Waals surface area contributed by atoms with E-state index in [0.29, 0.717) is 5.54 Å². The van der Waals surface area contributed by atoms with Crippen molar-refractivity contribution in [3.05, 3.63) is 0 Å². The first-order valence-corrected chi connectivity index (χ1v) is 6.26. The smallest absolute Gasteiger partial charge is 0.0469 e. The van der Waals surface area contributed by atoms with E-state index in [4.69, 9.17) is 11.6 Å². The third-order valence-electron chi connectivity index (χ3n) is 4.91. The highest BCUT2D eigenvalue weighted by Gasteiger charge is 2.57. The quantitative estimate of drug-likeness (QED) is 0.645. The molecule has 4 bridgehead atoms. The first-order valence-electron chi connectivity index (χ1n) is 5.88. The van der Waals surface area contributed by atoms with Crippen LogP contribution >= 0.6 is 24.0 Å². The van der Waals surface area contributed by atoms with Gasteiger partial charge in [0.2, 0.25) is 0 Å². The van der Waals surface area contributed by atoms with E-state index >= 15 is 0 Å². The molecule has 88 valence electrons. The predicted molar refractivity (Wildman–Crippen MR) is 66.9 cm³/mol. The summed E-state index contributed by atoms with van der Waals surface area (Å²) in [6.45, 7) is 0. The summed E-state index contributed by atoms with van der Waals surface area (Å²) < 4.78 is 0. The second-order valence-corrected chi connectivity index (χ2v) is 7.03. The van der Waals surface area contributed by atoms with E-state index in [-0.39, 0.29) is 17.3 Å². The lowest BCUT2D eigenvalue weighted by molar-refractivity contribution is -0.0592. The fraction of sp³-hybridized carbons (Fsp3) is 1.00. The van der Waals surface area contributed by atoms with Gasteiger partial charge in [0, 0.05) is 10.4 Å². The molecule has 0 aromatic heterocycles. The Balaban J connectivity index is 0.000000853. The molecule has 0 aromatic rings. The molecule has 0 amide bonds. The van der Waals surface area contributed by atoms with Crippen LogP contribution in [0.25, 0.3) is 0 Å². The molecule has 2 unspecified atom stereocenters. The molecule has 0 saturated heterocycles. The van der Waals surface area contributed by atoms with Crippen molar-refractivity contribution in [2.24, 2.45) is 11.8 Å². The Hall–Kier alpha value is 0.540. The molecular formula is C12H21Cl2N. The van der Waals surface area contributed by atoms with Crippen LogP contribution in [0.3, 0.4) is 0 Å². The van der Waals surface area contributed by atoms with Crippen molar-refractivity contribution >= 4 is 24.0 Å². The van der Waals surface area contributed by atoms with E-state index in [9.17, 15) is 0 Å². The van der Waals surface area contributed by atoms with Crippen LogP contribution in [0.2, 0.25) is 0 Å². The number of hydrogen-bond donors (Lipinski definition) is 0. The van der Waals surface area contributed by atoms with Crippen molar-refractivity contribution in [3.63, 3.8) is 0 Å². The van der Waals surface area contributed by atoms with Crippen molar-refractivity contribution < 1.29 is 0 Å². The van der Waals surface area contributed by atoms with Gasteiger partial charge >= 0.3 is 0 Å². The maximum absolute atomic E-state index is 6.74. The Labute approximate surface area is 104 Å². The average Bonchev–Trinajstić information content (AvgIpc) is 1.98. The van der Waals surface area contributed by atoms with Crippen LogP contribution in [-0.2, 0) is 0 Å². The minimum absolute atomic E-state index is 0. The zero-order valence-corrected chi connectivity index (χ0v) is 11.2. The van der Waals surface area contributed by atoms with E-state index in [0.717, 1.165) is 11.8 Å². The monoisotopic (exact) mass is 249 g/mol. The van der Waals surface area contributed by atoms with E-state index in [2.05, 4.69) is 19.0 Å². The number of alkyl halides is 1. The summed E-state index contributed by atoms with van der Waals surface area (Å²) in [6.07, 6.45) is 8.10. The zero-order chi connectivity index (χ0) is 9.97.